The summed E-state index contributed by atoms with van der Waals surface area (Å²) in [4.78, 5) is 18.0. The van der Waals surface area contributed by atoms with Gasteiger partial charge < -0.3 is 9.47 Å². The maximum absolute atomic E-state index is 12.1. The molecule has 2 aromatic rings. The number of imidazole rings is 1. The van der Waals surface area contributed by atoms with Crippen molar-refractivity contribution < 1.29 is 4.79 Å². The van der Waals surface area contributed by atoms with Gasteiger partial charge in [0.15, 0.2) is 0 Å². The maximum Gasteiger partial charge on any atom is 0.254 e. The molecule has 0 radical (unpaired) electrons. The number of carbonyl (C=O) groups is 1. The third-order valence-corrected chi connectivity index (χ3v) is 4.25. The van der Waals surface area contributed by atoms with Crippen molar-refractivity contribution in [2.75, 3.05) is 7.05 Å². The highest BCUT2D eigenvalue weighted by Crippen LogP contribution is 2.18. The average molecular weight is 361 g/mol. The van der Waals surface area contributed by atoms with E-state index in [2.05, 4.69) is 27.6 Å². The molecule has 0 aromatic carbocycles. The largest absolute Gasteiger partial charge is 0.337 e. The quantitative estimate of drug-likeness (QED) is 0.788. The summed E-state index contributed by atoms with van der Waals surface area (Å²) in [5, 5.41) is 1.89. The number of halogens is 1. The number of hydrogen-bond donors (Lipinski definition) is 0. The summed E-state index contributed by atoms with van der Waals surface area (Å²) < 4.78 is 3.04. The van der Waals surface area contributed by atoms with Crippen LogP contribution in [0, 0.1) is 2.88 Å². The highest BCUT2D eigenvalue weighted by molar-refractivity contribution is 14.1. The highest BCUT2D eigenvalue weighted by atomic mass is 127. The fourth-order valence-electron chi connectivity index (χ4n) is 1.48. The maximum atomic E-state index is 12.1. The lowest BCUT2D eigenvalue weighted by Crippen LogP contribution is -2.27. The van der Waals surface area contributed by atoms with Crippen LogP contribution in [0.5, 0.6) is 0 Å². The normalized spacial score (nSPS) is 10.5. The first kappa shape index (κ1) is 12.6. The Labute approximate surface area is 117 Å². The van der Waals surface area contributed by atoms with Gasteiger partial charge in [-0.1, -0.05) is 0 Å². The van der Waals surface area contributed by atoms with E-state index in [1.54, 1.807) is 29.5 Å². The Morgan fingerprint density at radius 1 is 1.65 bits per heavy atom. The van der Waals surface area contributed by atoms with Gasteiger partial charge in [0.05, 0.1) is 15.0 Å². The summed E-state index contributed by atoms with van der Waals surface area (Å²) in [7, 11) is 3.72. The Morgan fingerprint density at radius 2 is 2.41 bits per heavy atom. The number of aryl methyl sites for hydroxylation is 1. The molecule has 90 valence electrons. The smallest absolute Gasteiger partial charge is 0.254 e. The van der Waals surface area contributed by atoms with Gasteiger partial charge >= 0.3 is 0 Å². The Kier molecular flexibility index (Phi) is 3.82. The first-order valence-electron chi connectivity index (χ1n) is 5.03. The molecule has 0 bridgehead atoms. The van der Waals surface area contributed by atoms with Crippen LogP contribution in [0.15, 0.2) is 23.8 Å². The molecule has 0 saturated carbocycles. The summed E-state index contributed by atoms with van der Waals surface area (Å²) in [6.45, 7) is 0.523. The van der Waals surface area contributed by atoms with Crippen LogP contribution in [0.4, 0.5) is 0 Å². The predicted octanol–water partition coefficient (Wildman–Crippen LogP) is 2.36. The Morgan fingerprint density at radius 3 is 2.94 bits per heavy atom. The number of nitrogens with zero attached hydrogens (tertiary/aromatic N) is 3. The van der Waals surface area contributed by atoms with Crippen molar-refractivity contribution in [2.24, 2.45) is 7.05 Å². The molecule has 1 amide bonds. The first-order valence-corrected chi connectivity index (χ1v) is 6.99. The van der Waals surface area contributed by atoms with Crippen LogP contribution in [0.2, 0.25) is 0 Å². The topological polar surface area (TPSA) is 38.1 Å². The third-order valence-electron chi connectivity index (χ3n) is 2.46. The van der Waals surface area contributed by atoms with Crippen LogP contribution in [0.3, 0.4) is 0 Å². The molecule has 2 aromatic heterocycles. The van der Waals surface area contributed by atoms with E-state index in [-0.39, 0.29) is 5.91 Å². The van der Waals surface area contributed by atoms with E-state index >= 15 is 0 Å². The van der Waals surface area contributed by atoms with Gasteiger partial charge in [-0.3, -0.25) is 4.79 Å². The molecular weight excluding hydrogens is 349 g/mol. The van der Waals surface area contributed by atoms with Crippen LogP contribution in [-0.4, -0.2) is 27.4 Å². The van der Waals surface area contributed by atoms with Gasteiger partial charge in [-0.05, 0) is 28.7 Å². The van der Waals surface area contributed by atoms with Crippen LogP contribution in [-0.2, 0) is 13.6 Å². The molecule has 0 fully saturated rings. The van der Waals surface area contributed by atoms with Gasteiger partial charge in [0.2, 0.25) is 0 Å². The zero-order valence-corrected chi connectivity index (χ0v) is 12.5. The SMILES string of the molecule is CN(Cc1nccn1C)C(=O)c1csc(I)c1. The molecule has 0 unspecified atom stereocenters. The monoisotopic (exact) mass is 361 g/mol. The minimum absolute atomic E-state index is 0.0344. The molecule has 17 heavy (non-hydrogen) atoms. The van der Waals surface area contributed by atoms with E-state index in [1.807, 2.05) is 29.3 Å². The van der Waals surface area contributed by atoms with Gasteiger partial charge in [-0.2, -0.15) is 0 Å². The molecule has 0 N–H and O–H groups in total. The van der Waals surface area contributed by atoms with Crippen molar-refractivity contribution in [1.29, 1.82) is 0 Å². The minimum Gasteiger partial charge on any atom is -0.337 e. The first-order chi connectivity index (χ1) is 8.08. The number of aromatic nitrogens is 2. The molecule has 0 aliphatic heterocycles. The standard InChI is InChI=1S/C11H12IN3OS/c1-14-4-3-13-10(14)6-15(2)11(16)8-5-9(12)17-7-8/h3-5,7H,6H2,1-2H3. The van der Waals surface area contributed by atoms with Crippen molar-refractivity contribution in [3.05, 3.63) is 38.1 Å². The lowest BCUT2D eigenvalue weighted by molar-refractivity contribution is 0.0781. The van der Waals surface area contributed by atoms with E-state index in [1.165, 1.54) is 0 Å². The molecule has 4 nitrogen and oxygen atoms in total. The lowest BCUT2D eigenvalue weighted by atomic mass is 10.3. The van der Waals surface area contributed by atoms with E-state index < -0.39 is 0 Å². The van der Waals surface area contributed by atoms with Gasteiger partial charge in [0.25, 0.3) is 5.91 Å². The third kappa shape index (κ3) is 2.86. The molecule has 0 aliphatic rings. The van der Waals surface area contributed by atoms with E-state index in [4.69, 9.17) is 0 Å². The van der Waals surface area contributed by atoms with E-state index in [0.29, 0.717) is 6.54 Å². The molecule has 0 saturated heterocycles. The highest BCUT2D eigenvalue weighted by Gasteiger charge is 2.14. The summed E-state index contributed by atoms with van der Waals surface area (Å²) >= 11 is 3.80. The van der Waals surface area contributed by atoms with E-state index in [0.717, 1.165) is 14.3 Å². The van der Waals surface area contributed by atoms with Crippen LogP contribution in [0.1, 0.15) is 16.2 Å². The molecule has 0 spiro atoms. The van der Waals surface area contributed by atoms with Gasteiger partial charge in [0, 0.05) is 31.9 Å². The zero-order chi connectivity index (χ0) is 12.4. The molecule has 2 heterocycles. The summed E-state index contributed by atoms with van der Waals surface area (Å²) in [5.74, 6) is 0.915. The van der Waals surface area contributed by atoms with Crippen molar-refractivity contribution in [3.63, 3.8) is 0 Å². The zero-order valence-electron chi connectivity index (χ0n) is 9.55. The summed E-state index contributed by atoms with van der Waals surface area (Å²) in [5.41, 5.74) is 0.746. The molecule has 2 rings (SSSR count). The number of rotatable bonds is 3. The molecule has 0 atom stereocenters. The van der Waals surface area contributed by atoms with Crippen molar-refractivity contribution in [3.8, 4) is 0 Å². The predicted molar refractivity (Wildman–Crippen MR) is 76.0 cm³/mol. The van der Waals surface area contributed by atoms with Crippen molar-refractivity contribution >= 4 is 39.8 Å². The fraction of sp³-hybridized carbons (Fsp3) is 0.273. The average Bonchev–Trinajstić information content (AvgIpc) is 2.88. The van der Waals surface area contributed by atoms with Crippen LogP contribution < -0.4 is 0 Å². The summed E-state index contributed by atoms with van der Waals surface area (Å²) in [6, 6.07) is 1.91. The second-order valence-corrected chi connectivity index (χ2v) is 6.56. The number of hydrogen-bond acceptors (Lipinski definition) is 3. The second kappa shape index (κ2) is 5.18. The second-order valence-electron chi connectivity index (χ2n) is 3.76. The van der Waals surface area contributed by atoms with Gasteiger partial charge in [0.1, 0.15) is 5.82 Å². The fourth-order valence-corrected chi connectivity index (χ4v) is 2.80. The minimum atomic E-state index is 0.0344. The van der Waals surface area contributed by atoms with Gasteiger partial charge in [-0.25, -0.2) is 4.98 Å². The van der Waals surface area contributed by atoms with Crippen molar-refractivity contribution in [2.45, 2.75) is 6.54 Å². The van der Waals surface area contributed by atoms with Crippen LogP contribution in [0.25, 0.3) is 0 Å². The number of amides is 1. The molecular formula is C11H12IN3OS. The lowest BCUT2D eigenvalue weighted by Gasteiger charge is -2.15. The Hall–Kier alpha value is -0.890. The number of thiophene rings is 1. The van der Waals surface area contributed by atoms with Crippen LogP contribution >= 0.6 is 33.9 Å². The Bertz CT molecular complexity index is 534. The Balaban J connectivity index is 2.08. The number of carbonyl (C=O) groups excluding carboxylic acids is 1. The van der Waals surface area contributed by atoms with E-state index in [9.17, 15) is 4.79 Å². The molecule has 6 heteroatoms. The van der Waals surface area contributed by atoms with Gasteiger partial charge in [-0.15, -0.1) is 11.3 Å². The van der Waals surface area contributed by atoms with Crippen molar-refractivity contribution in [1.82, 2.24) is 14.5 Å². The molecule has 0 aliphatic carbocycles. The summed E-state index contributed by atoms with van der Waals surface area (Å²) in [6.07, 6.45) is 3.61.